The Morgan fingerprint density at radius 1 is 0.939 bits per heavy atom. The van der Waals surface area contributed by atoms with Gasteiger partial charge in [0.15, 0.2) is 0 Å². The lowest BCUT2D eigenvalue weighted by Crippen LogP contribution is -2.26. The molecule has 1 heterocycles. The van der Waals surface area contributed by atoms with E-state index in [1.165, 1.54) is 16.6 Å². The summed E-state index contributed by atoms with van der Waals surface area (Å²) in [6, 6.07) is 24.5. The fraction of sp³-hybridized carbons (Fsp3) is 0.286. The molecule has 0 fully saturated rings. The van der Waals surface area contributed by atoms with Crippen molar-refractivity contribution in [1.29, 1.82) is 0 Å². The number of fused-ring (bicyclic) bond motifs is 1. The molecule has 0 saturated heterocycles. The number of carbonyl (C=O) groups is 1. The molecule has 0 spiro atoms. The lowest BCUT2D eigenvalue weighted by molar-refractivity contribution is -0.120. The summed E-state index contributed by atoms with van der Waals surface area (Å²) in [5, 5.41) is 3.65. The van der Waals surface area contributed by atoms with Gasteiger partial charge in [-0.15, -0.1) is 0 Å². The van der Waals surface area contributed by atoms with E-state index in [9.17, 15) is 4.79 Å². The highest BCUT2D eigenvalue weighted by molar-refractivity contribution is 6.31. The monoisotopic (exact) mass is 459 g/mol. The van der Waals surface area contributed by atoms with Gasteiger partial charge in [0.05, 0.1) is 17.5 Å². The predicted octanol–water partition coefficient (Wildman–Crippen LogP) is 6.12. The number of aromatic nitrogens is 2. The van der Waals surface area contributed by atoms with E-state index >= 15 is 0 Å². The number of unbranched alkanes of at least 4 members (excludes halogenated alkanes) is 2. The Morgan fingerprint density at radius 2 is 1.70 bits per heavy atom. The summed E-state index contributed by atoms with van der Waals surface area (Å²) in [5.74, 6) is 1.14. The SMILES string of the molecule is Cc1ccc(Cn2c(CCCCCNC(=O)Cc3ccccc3Cl)nc3ccccc32)cc1. The van der Waals surface area contributed by atoms with E-state index in [0.29, 0.717) is 18.0 Å². The summed E-state index contributed by atoms with van der Waals surface area (Å²) < 4.78 is 2.34. The Bertz CT molecular complexity index is 1210. The van der Waals surface area contributed by atoms with Crippen LogP contribution in [0.3, 0.4) is 0 Å². The lowest BCUT2D eigenvalue weighted by atomic mass is 10.1. The number of aryl methyl sites for hydroxylation is 2. The average Bonchev–Trinajstić information content (AvgIpc) is 3.16. The molecule has 0 bridgehead atoms. The van der Waals surface area contributed by atoms with Crippen LogP contribution in [0.15, 0.2) is 72.8 Å². The molecule has 1 N–H and O–H groups in total. The van der Waals surface area contributed by atoms with Crippen molar-refractivity contribution in [2.75, 3.05) is 6.54 Å². The van der Waals surface area contributed by atoms with Gasteiger partial charge in [0.1, 0.15) is 5.82 Å². The number of nitrogens with zero attached hydrogens (tertiary/aromatic N) is 2. The Balaban J connectivity index is 1.28. The normalized spacial score (nSPS) is 11.1. The molecule has 1 aromatic heterocycles. The summed E-state index contributed by atoms with van der Waals surface area (Å²) in [6.45, 7) is 3.62. The highest BCUT2D eigenvalue weighted by Crippen LogP contribution is 2.20. The van der Waals surface area contributed by atoms with E-state index in [-0.39, 0.29) is 5.91 Å². The molecule has 0 aliphatic rings. The maximum Gasteiger partial charge on any atom is 0.224 e. The van der Waals surface area contributed by atoms with Gasteiger partial charge in [-0.3, -0.25) is 4.79 Å². The highest BCUT2D eigenvalue weighted by Gasteiger charge is 2.11. The fourth-order valence-electron chi connectivity index (χ4n) is 4.06. The molecule has 1 amide bonds. The van der Waals surface area contributed by atoms with Gasteiger partial charge >= 0.3 is 0 Å². The van der Waals surface area contributed by atoms with Crippen molar-refractivity contribution in [3.05, 3.63) is 100 Å². The van der Waals surface area contributed by atoms with Crippen LogP contribution in [0.1, 0.15) is 41.8 Å². The zero-order chi connectivity index (χ0) is 23.0. The number of hydrogen-bond donors (Lipinski definition) is 1. The molecular weight excluding hydrogens is 430 g/mol. The summed E-state index contributed by atoms with van der Waals surface area (Å²) in [6.07, 6.45) is 4.28. The number of rotatable bonds is 10. The number of benzene rings is 3. The van der Waals surface area contributed by atoms with Gasteiger partial charge in [-0.25, -0.2) is 4.98 Å². The minimum atomic E-state index is 0.0167. The summed E-state index contributed by atoms with van der Waals surface area (Å²) in [4.78, 5) is 17.1. The Labute approximate surface area is 200 Å². The molecule has 4 rings (SSSR count). The van der Waals surface area contributed by atoms with Crippen LogP contribution in [0, 0.1) is 6.92 Å². The summed E-state index contributed by atoms with van der Waals surface area (Å²) in [5.41, 5.74) is 5.65. The first-order chi connectivity index (χ1) is 16.1. The predicted molar refractivity (Wildman–Crippen MR) is 136 cm³/mol. The third kappa shape index (κ3) is 6.23. The minimum absolute atomic E-state index is 0.0167. The largest absolute Gasteiger partial charge is 0.356 e. The molecule has 0 aliphatic heterocycles. The quantitative estimate of drug-likeness (QED) is 0.290. The van der Waals surface area contributed by atoms with Gasteiger partial charge in [-0.1, -0.05) is 78.2 Å². The first kappa shape index (κ1) is 23.1. The van der Waals surface area contributed by atoms with Crippen LogP contribution in [-0.4, -0.2) is 22.0 Å². The van der Waals surface area contributed by atoms with E-state index in [2.05, 4.69) is 59.3 Å². The second-order valence-electron chi connectivity index (χ2n) is 8.52. The maximum absolute atomic E-state index is 12.2. The topological polar surface area (TPSA) is 46.9 Å². The van der Waals surface area contributed by atoms with Gasteiger partial charge in [0.2, 0.25) is 5.91 Å². The first-order valence-electron chi connectivity index (χ1n) is 11.6. The van der Waals surface area contributed by atoms with Crippen LogP contribution in [-0.2, 0) is 24.2 Å². The number of hydrogen-bond acceptors (Lipinski definition) is 2. The van der Waals surface area contributed by atoms with Crippen molar-refractivity contribution in [1.82, 2.24) is 14.9 Å². The summed E-state index contributed by atoms with van der Waals surface area (Å²) in [7, 11) is 0. The lowest BCUT2D eigenvalue weighted by Gasteiger charge is -2.10. The van der Waals surface area contributed by atoms with Crippen LogP contribution in [0.4, 0.5) is 0 Å². The number of amides is 1. The van der Waals surface area contributed by atoms with E-state index in [1.54, 1.807) is 0 Å². The smallest absolute Gasteiger partial charge is 0.224 e. The minimum Gasteiger partial charge on any atom is -0.356 e. The second kappa shape index (κ2) is 11.2. The van der Waals surface area contributed by atoms with E-state index < -0.39 is 0 Å². The molecule has 0 aliphatic carbocycles. The molecular formula is C28H30ClN3O. The van der Waals surface area contributed by atoms with Crippen molar-refractivity contribution in [2.24, 2.45) is 0 Å². The molecule has 5 heteroatoms. The van der Waals surface area contributed by atoms with Crippen molar-refractivity contribution in [3.8, 4) is 0 Å². The standard InChI is InChI=1S/C28H30ClN3O/c1-21-14-16-22(17-15-21)20-32-26-12-7-6-11-25(26)31-27(32)13-3-2-8-18-30-28(33)19-23-9-4-5-10-24(23)29/h4-7,9-12,14-17H,2-3,8,13,18-20H2,1H3,(H,30,33). The zero-order valence-electron chi connectivity index (χ0n) is 19.1. The van der Waals surface area contributed by atoms with Crippen molar-refractivity contribution in [2.45, 2.75) is 45.6 Å². The molecule has 0 unspecified atom stereocenters. The second-order valence-corrected chi connectivity index (χ2v) is 8.92. The summed E-state index contributed by atoms with van der Waals surface area (Å²) >= 11 is 6.14. The molecule has 170 valence electrons. The Kier molecular flexibility index (Phi) is 7.79. The molecule has 3 aromatic carbocycles. The van der Waals surface area contributed by atoms with Crippen LogP contribution in [0.2, 0.25) is 5.02 Å². The van der Waals surface area contributed by atoms with Crippen LogP contribution >= 0.6 is 11.6 Å². The number of nitrogens with one attached hydrogen (secondary N) is 1. The van der Waals surface area contributed by atoms with Gasteiger partial charge in [-0.2, -0.15) is 0 Å². The van der Waals surface area contributed by atoms with Crippen LogP contribution < -0.4 is 5.32 Å². The third-order valence-corrected chi connectivity index (χ3v) is 6.27. The Hall–Kier alpha value is -3.11. The first-order valence-corrected chi connectivity index (χ1v) is 12.0. The average molecular weight is 460 g/mol. The number of para-hydroxylation sites is 2. The van der Waals surface area contributed by atoms with E-state index in [1.807, 2.05) is 30.3 Å². The van der Waals surface area contributed by atoms with Crippen molar-refractivity contribution in [3.63, 3.8) is 0 Å². The van der Waals surface area contributed by atoms with Crippen LogP contribution in [0.5, 0.6) is 0 Å². The molecule has 0 atom stereocenters. The van der Waals surface area contributed by atoms with Gasteiger partial charge in [0.25, 0.3) is 0 Å². The van der Waals surface area contributed by atoms with Gasteiger partial charge < -0.3 is 9.88 Å². The van der Waals surface area contributed by atoms with Gasteiger partial charge in [0, 0.05) is 24.5 Å². The zero-order valence-corrected chi connectivity index (χ0v) is 19.8. The Morgan fingerprint density at radius 3 is 2.52 bits per heavy atom. The number of imidazole rings is 1. The van der Waals surface area contributed by atoms with E-state index in [0.717, 1.165) is 49.1 Å². The van der Waals surface area contributed by atoms with Crippen LogP contribution in [0.25, 0.3) is 11.0 Å². The van der Waals surface area contributed by atoms with Crippen molar-refractivity contribution >= 4 is 28.5 Å². The number of halogens is 1. The number of carbonyl (C=O) groups excluding carboxylic acids is 1. The third-order valence-electron chi connectivity index (χ3n) is 5.90. The molecule has 33 heavy (non-hydrogen) atoms. The van der Waals surface area contributed by atoms with Gasteiger partial charge in [-0.05, 0) is 49.1 Å². The van der Waals surface area contributed by atoms with E-state index in [4.69, 9.17) is 16.6 Å². The molecule has 0 radical (unpaired) electrons. The molecule has 4 nitrogen and oxygen atoms in total. The maximum atomic E-state index is 12.2. The van der Waals surface area contributed by atoms with Crippen molar-refractivity contribution < 1.29 is 4.79 Å². The molecule has 4 aromatic rings. The fourth-order valence-corrected chi connectivity index (χ4v) is 4.26. The highest BCUT2D eigenvalue weighted by atomic mass is 35.5. The molecule has 0 saturated carbocycles.